The number of anilines is 2. The third-order valence-electron chi connectivity index (χ3n) is 3.59. The van der Waals surface area contributed by atoms with Crippen LogP contribution in [0.1, 0.15) is 22.8 Å². The molecule has 0 aliphatic rings. The van der Waals surface area contributed by atoms with Crippen LogP contribution in [0.5, 0.6) is 0 Å². The summed E-state index contributed by atoms with van der Waals surface area (Å²) in [6, 6.07) is 14.9. The highest BCUT2D eigenvalue weighted by molar-refractivity contribution is 5.96. The van der Waals surface area contributed by atoms with E-state index in [0.717, 1.165) is 17.8 Å². The summed E-state index contributed by atoms with van der Waals surface area (Å²) in [6.45, 7) is 2.21. The van der Waals surface area contributed by atoms with Crippen molar-refractivity contribution in [3.8, 4) is 0 Å². The lowest BCUT2D eigenvalue weighted by Gasteiger charge is -2.12. The molecule has 0 fully saturated rings. The fourth-order valence-corrected chi connectivity index (χ4v) is 2.28. The van der Waals surface area contributed by atoms with Crippen molar-refractivity contribution in [1.82, 2.24) is 4.90 Å². The minimum atomic E-state index is -0.132. The first-order valence-corrected chi connectivity index (χ1v) is 7.94. The van der Waals surface area contributed by atoms with Crippen LogP contribution >= 0.6 is 0 Å². The highest BCUT2D eigenvalue weighted by Crippen LogP contribution is 2.13. The van der Waals surface area contributed by atoms with Gasteiger partial charge in [0.2, 0.25) is 5.91 Å². The van der Waals surface area contributed by atoms with Gasteiger partial charge in [0, 0.05) is 31.0 Å². The van der Waals surface area contributed by atoms with Crippen LogP contribution in [0.25, 0.3) is 0 Å². The summed E-state index contributed by atoms with van der Waals surface area (Å²) in [7, 11) is 3.42. The predicted octanol–water partition coefficient (Wildman–Crippen LogP) is 3.00. The van der Waals surface area contributed by atoms with Gasteiger partial charge in [-0.25, -0.2) is 0 Å². The average Bonchev–Trinajstić information content (AvgIpc) is 2.59. The van der Waals surface area contributed by atoms with Gasteiger partial charge in [0.15, 0.2) is 0 Å². The van der Waals surface area contributed by atoms with E-state index >= 15 is 0 Å². The van der Waals surface area contributed by atoms with E-state index in [0.29, 0.717) is 5.56 Å². The summed E-state index contributed by atoms with van der Waals surface area (Å²) >= 11 is 0. The zero-order valence-corrected chi connectivity index (χ0v) is 14.3. The Kier molecular flexibility index (Phi) is 5.95. The molecule has 0 aromatic heterocycles. The Morgan fingerprint density at radius 3 is 2.42 bits per heavy atom. The number of amides is 2. The van der Waals surface area contributed by atoms with Crippen LogP contribution in [0.2, 0.25) is 0 Å². The van der Waals surface area contributed by atoms with Gasteiger partial charge in [-0.2, -0.15) is 0 Å². The van der Waals surface area contributed by atoms with E-state index in [2.05, 4.69) is 17.6 Å². The van der Waals surface area contributed by atoms with Gasteiger partial charge in [-0.3, -0.25) is 9.59 Å². The molecular formula is C19H23N3O2. The van der Waals surface area contributed by atoms with E-state index in [1.807, 2.05) is 30.3 Å². The van der Waals surface area contributed by atoms with Crippen molar-refractivity contribution in [2.24, 2.45) is 0 Å². The van der Waals surface area contributed by atoms with Crippen molar-refractivity contribution in [3.63, 3.8) is 0 Å². The first-order valence-electron chi connectivity index (χ1n) is 7.94. The van der Waals surface area contributed by atoms with E-state index < -0.39 is 0 Å². The van der Waals surface area contributed by atoms with Crippen LogP contribution in [-0.2, 0) is 11.2 Å². The van der Waals surface area contributed by atoms with Crippen LogP contribution < -0.4 is 10.6 Å². The second kappa shape index (κ2) is 8.15. The van der Waals surface area contributed by atoms with Crippen LogP contribution in [0, 0.1) is 0 Å². The molecule has 0 saturated carbocycles. The molecule has 2 rings (SSSR count). The van der Waals surface area contributed by atoms with Crippen LogP contribution in [0.15, 0.2) is 48.5 Å². The number of carbonyl (C=O) groups excluding carboxylic acids is 2. The fraction of sp³-hybridized carbons (Fsp3) is 0.263. The maximum atomic E-state index is 12.1. The maximum absolute atomic E-state index is 12.1. The molecule has 0 saturated heterocycles. The predicted molar refractivity (Wildman–Crippen MR) is 97.4 cm³/mol. The molecule has 2 aromatic rings. The lowest BCUT2D eigenvalue weighted by molar-refractivity contribution is -0.114. The van der Waals surface area contributed by atoms with Crippen molar-refractivity contribution in [1.29, 1.82) is 0 Å². The van der Waals surface area contributed by atoms with Crippen molar-refractivity contribution in [2.45, 2.75) is 13.3 Å². The van der Waals surface area contributed by atoms with Gasteiger partial charge in [-0.1, -0.05) is 25.1 Å². The lowest BCUT2D eigenvalue weighted by atomic mass is 10.1. The molecule has 0 aliphatic heterocycles. The zero-order valence-electron chi connectivity index (χ0n) is 14.3. The molecule has 2 amide bonds. The summed E-state index contributed by atoms with van der Waals surface area (Å²) in [6.07, 6.45) is 0.925. The Morgan fingerprint density at radius 2 is 1.71 bits per heavy atom. The van der Waals surface area contributed by atoms with Crippen LogP contribution in [0.4, 0.5) is 11.4 Å². The maximum Gasteiger partial charge on any atom is 0.253 e. The van der Waals surface area contributed by atoms with Gasteiger partial charge in [0.1, 0.15) is 0 Å². The Hall–Kier alpha value is -2.82. The molecule has 2 aromatic carbocycles. The Bertz CT molecular complexity index is 726. The molecule has 0 bridgehead atoms. The molecular weight excluding hydrogens is 302 g/mol. The molecule has 0 unspecified atom stereocenters. The summed E-state index contributed by atoms with van der Waals surface area (Å²) in [4.78, 5) is 25.5. The summed E-state index contributed by atoms with van der Waals surface area (Å²) in [5, 5.41) is 5.91. The summed E-state index contributed by atoms with van der Waals surface area (Å²) < 4.78 is 0. The Morgan fingerprint density at radius 1 is 1.00 bits per heavy atom. The lowest BCUT2D eigenvalue weighted by Crippen LogP contribution is -2.23. The monoisotopic (exact) mass is 325 g/mol. The van der Waals surface area contributed by atoms with E-state index in [1.165, 1.54) is 10.5 Å². The van der Waals surface area contributed by atoms with Gasteiger partial charge in [0.05, 0.1) is 6.54 Å². The van der Waals surface area contributed by atoms with E-state index in [4.69, 9.17) is 0 Å². The molecule has 5 heteroatoms. The highest BCUT2D eigenvalue weighted by Gasteiger charge is 2.09. The van der Waals surface area contributed by atoms with Crippen molar-refractivity contribution in [2.75, 3.05) is 31.3 Å². The molecule has 0 atom stereocenters. The van der Waals surface area contributed by atoms with E-state index in [9.17, 15) is 9.59 Å². The van der Waals surface area contributed by atoms with Gasteiger partial charge < -0.3 is 15.5 Å². The summed E-state index contributed by atoms with van der Waals surface area (Å²) in [5.41, 5.74) is 3.29. The summed E-state index contributed by atoms with van der Waals surface area (Å²) in [5.74, 6) is -0.202. The van der Waals surface area contributed by atoms with Crippen molar-refractivity contribution >= 4 is 23.2 Å². The number of aryl methyl sites for hydroxylation is 1. The normalized spacial score (nSPS) is 10.1. The molecule has 0 aliphatic carbocycles. The van der Waals surface area contributed by atoms with E-state index in [1.54, 1.807) is 32.3 Å². The second-order valence-corrected chi connectivity index (χ2v) is 5.74. The first kappa shape index (κ1) is 17.5. The van der Waals surface area contributed by atoms with Gasteiger partial charge in [-0.05, 0) is 42.3 Å². The topological polar surface area (TPSA) is 61.4 Å². The number of rotatable bonds is 6. The number of hydrogen-bond acceptors (Lipinski definition) is 3. The third kappa shape index (κ3) is 4.84. The van der Waals surface area contributed by atoms with Gasteiger partial charge in [0.25, 0.3) is 5.91 Å². The molecule has 2 N–H and O–H groups in total. The quantitative estimate of drug-likeness (QED) is 0.858. The molecule has 5 nitrogen and oxygen atoms in total. The highest BCUT2D eigenvalue weighted by atomic mass is 16.2. The van der Waals surface area contributed by atoms with E-state index in [-0.39, 0.29) is 18.4 Å². The SMILES string of the molecule is CCc1cccc(NC(=O)CNc2cccc(C(=O)N(C)C)c2)c1. The smallest absolute Gasteiger partial charge is 0.253 e. The number of benzene rings is 2. The third-order valence-corrected chi connectivity index (χ3v) is 3.59. The number of hydrogen-bond donors (Lipinski definition) is 2. The number of carbonyl (C=O) groups is 2. The first-order chi connectivity index (χ1) is 11.5. The number of nitrogens with one attached hydrogen (secondary N) is 2. The van der Waals surface area contributed by atoms with Crippen molar-refractivity contribution < 1.29 is 9.59 Å². The fourth-order valence-electron chi connectivity index (χ4n) is 2.28. The minimum Gasteiger partial charge on any atom is -0.376 e. The number of nitrogens with zero attached hydrogens (tertiary/aromatic N) is 1. The Balaban J connectivity index is 1.94. The molecule has 0 spiro atoms. The molecule has 24 heavy (non-hydrogen) atoms. The standard InChI is InChI=1S/C19H23N3O2/c1-4-14-7-5-10-17(11-14)21-18(23)13-20-16-9-6-8-15(12-16)19(24)22(2)3/h5-12,20H,4,13H2,1-3H3,(H,21,23). The average molecular weight is 325 g/mol. The van der Waals surface area contributed by atoms with Gasteiger partial charge in [-0.15, -0.1) is 0 Å². The second-order valence-electron chi connectivity index (χ2n) is 5.74. The molecule has 0 radical (unpaired) electrons. The largest absolute Gasteiger partial charge is 0.376 e. The molecule has 126 valence electrons. The minimum absolute atomic E-state index is 0.0699. The van der Waals surface area contributed by atoms with Crippen LogP contribution in [0.3, 0.4) is 0 Å². The zero-order chi connectivity index (χ0) is 17.5. The van der Waals surface area contributed by atoms with Crippen molar-refractivity contribution in [3.05, 3.63) is 59.7 Å². The van der Waals surface area contributed by atoms with Crippen LogP contribution in [-0.4, -0.2) is 37.4 Å². The van der Waals surface area contributed by atoms with Gasteiger partial charge >= 0.3 is 0 Å². The molecule has 0 heterocycles. The Labute approximate surface area is 142 Å².